The summed E-state index contributed by atoms with van der Waals surface area (Å²) in [6.45, 7) is 6.35. The van der Waals surface area contributed by atoms with Gasteiger partial charge in [0, 0.05) is 38.5 Å². The predicted molar refractivity (Wildman–Crippen MR) is 232 cm³/mol. The minimum absolute atomic E-state index is 0.218. The zero-order valence-corrected chi connectivity index (χ0v) is 30.3. The summed E-state index contributed by atoms with van der Waals surface area (Å²) in [6.07, 6.45) is 17.9. The molecule has 2 nitrogen and oxygen atoms in total. The van der Waals surface area contributed by atoms with E-state index in [9.17, 15) is 0 Å². The maximum Gasteiger partial charge on any atom is 0.0542 e. The molecule has 0 N–H and O–H groups in total. The second-order valence-electron chi connectivity index (χ2n) is 15.1. The van der Waals surface area contributed by atoms with Crippen molar-refractivity contribution in [2.45, 2.75) is 19.8 Å². The fourth-order valence-electron chi connectivity index (χ4n) is 9.16. The van der Waals surface area contributed by atoms with Gasteiger partial charge < -0.3 is 9.13 Å². The van der Waals surface area contributed by atoms with Crippen molar-refractivity contribution in [1.82, 2.24) is 9.13 Å². The van der Waals surface area contributed by atoms with Crippen LogP contribution in [0.3, 0.4) is 0 Å². The van der Waals surface area contributed by atoms with Crippen LogP contribution in [0.25, 0.3) is 95.0 Å². The van der Waals surface area contributed by atoms with Gasteiger partial charge in [-0.2, -0.15) is 0 Å². The van der Waals surface area contributed by atoms with E-state index < -0.39 is 0 Å². The summed E-state index contributed by atoms with van der Waals surface area (Å²) in [6, 6.07) is 49.6. The third-order valence-corrected chi connectivity index (χ3v) is 12.0. The van der Waals surface area contributed by atoms with Crippen molar-refractivity contribution >= 4 is 72.5 Å². The molecule has 1 unspecified atom stereocenters. The summed E-state index contributed by atoms with van der Waals surface area (Å²) in [5.74, 6) is 0. The standard InChI is InChI=1S/C52H38N2/c1-3-52(2)29-27-44-47-33-37(23-26-50(47)53(51(44)28-30-52)36-13-5-4-6-14-36)54-48-20-12-11-19-43(48)46-32-35(22-25-49(46)54)34-21-24-42-40-17-8-7-15-38(40)39-16-9-10-18-41(39)45(42)31-34/h3-7,9-16,18-33H,1,8,17H2,2H3. The monoisotopic (exact) mass is 690 g/mol. The van der Waals surface area contributed by atoms with E-state index in [0.29, 0.717) is 0 Å². The maximum atomic E-state index is 4.14. The lowest BCUT2D eigenvalue weighted by atomic mass is 9.86. The van der Waals surface area contributed by atoms with Gasteiger partial charge in [0.15, 0.2) is 0 Å². The zero-order valence-electron chi connectivity index (χ0n) is 30.3. The first-order valence-corrected chi connectivity index (χ1v) is 19.0. The van der Waals surface area contributed by atoms with Gasteiger partial charge in [-0.25, -0.2) is 0 Å². The molecule has 0 fully saturated rings. The molecule has 2 aliphatic rings. The molecule has 0 radical (unpaired) electrons. The van der Waals surface area contributed by atoms with Crippen molar-refractivity contribution in [1.29, 1.82) is 0 Å². The van der Waals surface area contributed by atoms with Crippen LogP contribution in [0.4, 0.5) is 0 Å². The van der Waals surface area contributed by atoms with Gasteiger partial charge in [0.1, 0.15) is 0 Å². The Hall–Kier alpha value is -6.64. The highest BCUT2D eigenvalue weighted by Crippen LogP contribution is 2.42. The first-order chi connectivity index (χ1) is 26.6. The molecule has 2 aliphatic carbocycles. The summed E-state index contributed by atoms with van der Waals surface area (Å²) in [7, 11) is 0. The Labute approximate surface area is 314 Å². The first kappa shape index (κ1) is 30.9. The molecule has 256 valence electrons. The number of hydrogen-bond acceptors (Lipinski definition) is 0. The number of benzene rings is 7. The van der Waals surface area contributed by atoms with Crippen LogP contribution in [-0.4, -0.2) is 9.13 Å². The number of nitrogens with zero attached hydrogens (tertiary/aromatic N) is 2. The summed E-state index contributed by atoms with van der Waals surface area (Å²) in [5, 5.41) is 9.13. The van der Waals surface area contributed by atoms with Crippen LogP contribution in [0.2, 0.25) is 0 Å². The number of rotatable bonds is 4. The summed E-state index contributed by atoms with van der Waals surface area (Å²) in [5.41, 5.74) is 13.4. The predicted octanol–water partition coefficient (Wildman–Crippen LogP) is 13.9. The third kappa shape index (κ3) is 4.53. The highest BCUT2D eigenvalue weighted by Gasteiger charge is 2.23. The van der Waals surface area contributed by atoms with Crippen LogP contribution in [0.5, 0.6) is 0 Å². The quantitative estimate of drug-likeness (QED) is 0.128. The van der Waals surface area contributed by atoms with E-state index in [1.54, 1.807) is 0 Å². The van der Waals surface area contributed by atoms with Gasteiger partial charge in [0.2, 0.25) is 0 Å². The van der Waals surface area contributed by atoms with E-state index >= 15 is 0 Å². The summed E-state index contributed by atoms with van der Waals surface area (Å²) >= 11 is 0. The van der Waals surface area contributed by atoms with Gasteiger partial charge in [0.25, 0.3) is 0 Å². The van der Waals surface area contributed by atoms with Crippen LogP contribution < -0.4 is 0 Å². The number of allylic oxidation sites excluding steroid dienone is 4. The van der Waals surface area contributed by atoms with Crippen molar-refractivity contribution in [3.05, 3.63) is 187 Å². The normalized spacial score (nSPS) is 16.4. The van der Waals surface area contributed by atoms with Gasteiger partial charge >= 0.3 is 0 Å². The van der Waals surface area contributed by atoms with E-state index in [1.165, 1.54) is 87.8 Å². The molecular formula is C52H38N2. The van der Waals surface area contributed by atoms with E-state index in [0.717, 1.165) is 24.2 Å². The fourth-order valence-corrected chi connectivity index (χ4v) is 9.16. The van der Waals surface area contributed by atoms with E-state index in [4.69, 9.17) is 0 Å². The molecule has 0 aliphatic heterocycles. The van der Waals surface area contributed by atoms with E-state index in [2.05, 4.69) is 193 Å². The molecule has 0 saturated heterocycles. The van der Waals surface area contributed by atoms with Gasteiger partial charge in [-0.15, -0.1) is 6.58 Å². The lowest BCUT2D eigenvalue weighted by Crippen LogP contribution is -2.03. The number of aryl methyl sites for hydroxylation is 1. The molecule has 0 amide bonds. The smallest absolute Gasteiger partial charge is 0.0542 e. The molecule has 0 saturated carbocycles. The molecular weight excluding hydrogens is 653 g/mol. The zero-order chi connectivity index (χ0) is 36.0. The van der Waals surface area contributed by atoms with Crippen LogP contribution in [-0.2, 0) is 6.42 Å². The summed E-state index contributed by atoms with van der Waals surface area (Å²) in [4.78, 5) is 0. The molecule has 54 heavy (non-hydrogen) atoms. The Balaban J connectivity index is 1.11. The second kappa shape index (κ2) is 11.7. The lowest BCUT2D eigenvalue weighted by molar-refractivity contribution is 0.728. The largest absolute Gasteiger partial charge is 0.309 e. The number of hydrogen-bond donors (Lipinski definition) is 0. The molecule has 0 bridgehead atoms. The van der Waals surface area contributed by atoms with Crippen LogP contribution in [0, 0.1) is 5.41 Å². The average molecular weight is 691 g/mol. The topological polar surface area (TPSA) is 9.86 Å². The van der Waals surface area contributed by atoms with Crippen molar-refractivity contribution in [2.24, 2.45) is 5.41 Å². The molecule has 2 heterocycles. The second-order valence-corrected chi connectivity index (χ2v) is 15.1. The van der Waals surface area contributed by atoms with Crippen molar-refractivity contribution in [2.75, 3.05) is 0 Å². The summed E-state index contributed by atoms with van der Waals surface area (Å²) < 4.78 is 4.83. The van der Waals surface area contributed by atoms with Gasteiger partial charge in [-0.3, -0.25) is 0 Å². The van der Waals surface area contributed by atoms with Crippen LogP contribution in [0.1, 0.15) is 35.7 Å². The molecule has 11 rings (SSSR count). The SMILES string of the molecule is C=CC1(C)C=Cc2c(n(-c3ccccc3)c3ccc(-n4c5ccccc5c5cc(-c6ccc7c8c(c9ccccc9c7c6)C=CCC8)ccc54)cc23)C=C1. The average Bonchev–Trinajstić information content (AvgIpc) is 3.67. The van der Waals surface area contributed by atoms with Crippen molar-refractivity contribution < 1.29 is 0 Å². The molecule has 9 aromatic rings. The molecule has 7 aromatic carbocycles. The van der Waals surface area contributed by atoms with E-state index in [1.807, 2.05) is 6.08 Å². The highest BCUT2D eigenvalue weighted by atomic mass is 15.0. The molecule has 2 aromatic heterocycles. The first-order valence-electron chi connectivity index (χ1n) is 19.0. The lowest BCUT2D eigenvalue weighted by Gasteiger charge is -2.18. The Morgan fingerprint density at radius 3 is 2.06 bits per heavy atom. The van der Waals surface area contributed by atoms with Crippen LogP contribution in [0.15, 0.2) is 164 Å². The van der Waals surface area contributed by atoms with Gasteiger partial charge in [0.05, 0.1) is 22.2 Å². The Kier molecular flexibility index (Phi) is 6.69. The van der Waals surface area contributed by atoms with Gasteiger partial charge in [-0.1, -0.05) is 115 Å². The van der Waals surface area contributed by atoms with Crippen LogP contribution >= 0.6 is 0 Å². The van der Waals surface area contributed by atoms with Crippen molar-refractivity contribution in [3.8, 4) is 22.5 Å². The third-order valence-electron chi connectivity index (χ3n) is 12.0. The Morgan fingerprint density at radius 1 is 0.519 bits per heavy atom. The Morgan fingerprint density at radius 2 is 1.20 bits per heavy atom. The number of aromatic nitrogens is 2. The maximum absolute atomic E-state index is 4.14. The molecule has 1 atom stereocenters. The number of para-hydroxylation sites is 2. The fraction of sp³-hybridized carbons (Fsp3) is 0.0769. The van der Waals surface area contributed by atoms with E-state index in [-0.39, 0.29) is 5.41 Å². The van der Waals surface area contributed by atoms with Gasteiger partial charge in [-0.05, 0) is 124 Å². The molecule has 2 heteroatoms. The Bertz CT molecular complexity index is 3130. The minimum Gasteiger partial charge on any atom is -0.309 e. The minimum atomic E-state index is -0.218. The number of fused-ring (bicyclic) bond motifs is 12. The highest BCUT2D eigenvalue weighted by molar-refractivity contribution is 6.15. The van der Waals surface area contributed by atoms with Crippen molar-refractivity contribution in [3.63, 3.8) is 0 Å². The molecule has 0 spiro atoms.